The Hall–Kier alpha value is -0.570. The lowest BCUT2D eigenvalue weighted by Gasteiger charge is -2.27. The Morgan fingerprint density at radius 2 is 1.68 bits per heavy atom. The molecule has 0 aliphatic heterocycles. The Labute approximate surface area is 118 Å². The van der Waals surface area contributed by atoms with Gasteiger partial charge in [-0.05, 0) is 24.7 Å². The van der Waals surface area contributed by atoms with Crippen molar-refractivity contribution in [2.24, 2.45) is 17.1 Å². The number of hydrogen-bond donors (Lipinski definition) is 2. The molecule has 1 unspecified atom stereocenters. The van der Waals surface area contributed by atoms with Gasteiger partial charge < -0.3 is 11.1 Å². The van der Waals surface area contributed by atoms with Crippen molar-refractivity contribution in [3.63, 3.8) is 0 Å². The first-order valence-corrected chi connectivity index (χ1v) is 7.93. The predicted octanol–water partition coefficient (Wildman–Crippen LogP) is 3.23. The molecule has 3 nitrogen and oxygen atoms in total. The number of nitrogens with one attached hydrogen (secondary N) is 1. The van der Waals surface area contributed by atoms with Crippen LogP contribution < -0.4 is 11.1 Å². The van der Waals surface area contributed by atoms with Crippen LogP contribution in [-0.2, 0) is 4.79 Å². The van der Waals surface area contributed by atoms with Gasteiger partial charge in [-0.15, -0.1) is 0 Å². The second-order valence-electron chi connectivity index (χ2n) is 7.25. The van der Waals surface area contributed by atoms with Gasteiger partial charge in [0.1, 0.15) is 0 Å². The quantitative estimate of drug-likeness (QED) is 0.822. The van der Waals surface area contributed by atoms with Crippen LogP contribution in [0.1, 0.15) is 72.1 Å². The standard InChI is InChI=1S/C16H32N2O/c1-16(2,3)11-13(12-17)15(19)18-14-9-7-5-4-6-8-10-14/h13-14H,4-12,17H2,1-3H3,(H,18,19). The van der Waals surface area contributed by atoms with E-state index < -0.39 is 0 Å². The van der Waals surface area contributed by atoms with Gasteiger partial charge in [-0.2, -0.15) is 0 Å². The van der Waals surface area contributed by atoms with Crippen LogP contribution in [0.15, 0.2) is 0 Å². The molecule has 0 heterocycles. The van der Waals surface area contributed by atoms with Gasteiger partial charge in [-0.3, -0.25) is 4.79 Å². The van der Waals surface area contributed by atoms with Crippen molar-refractivity contribution in [2.75, 3.05) is 6.54 Å². The van der Waals surface area contributed by atoms with E-state index in [4.69, 9.17) is 5.73 Å². The molecule has 1 aliphatic carbocycles. The lowest BCUT2D eigenvalue weighted by atomic mass is 9.84. The van der Waals surface area contributed by atoms with Crippen LogP contribution in [0.3, 0.4) is 0 Å². The lowest BCUT2D eigenvalue weighted by Crippen LogP contribution is -2.42. The first-order valence-electron chi connectivity index (χ1n) is 7.93. The molecule has 0 saturated heterocycles. The summed E-state index contributed by atoms with van der Waals surface area (Å²) >= 11 is 0. The normalized spacial score (nSPS) is 20.4. The van der Waals surface area contributed by atoms with Crippen LogP contribution in [0.5, 0.6) is 0 Å². The van der Waals surface area contributed by atoms with Crippen molar-refractivity contribution < 1.29 is 4.79 Å². The molecule has 0 aromatic heterocycles. The van der Waals surface area contributed by atoms with Crippen LogP contribution in [0.4, 0.5) is 0 Å². The summed E-state index contributed by atoms with van der Waals surface area (Å²) in [5.41, 5.74) is 5.94. The molecule has 1 saturated carbocycles. The van der Waals surface area contributed by atoms with Crippen LogP contribution in [0.2, 0.25) is 0 Å². The van der Waals surface area contributed by atoms with Gasteiger partial charge in [0.25, 0.3) is 0 Å². The van der Waals surface area contributed by atoms with E-state index in [1.54, 1.807) is 0 Å². The summed E-state index contributed by atoms with van der Waals surface area (Å²) in [5.74, 6) is 0.133. The number of nitrogens with two attached hydrogens (primary N) is 1. The average molecular weight is 268 g/mol. The summed E-state index contributed by atoms with van der Waals surface area (Å²) < 4.78 is 0. The molecule has 0 aromatic carbocycles. The zero-order valence-electron chi connectivity index (χ0n) is 13.0. The van der Waals surface area contributed by atoms with Crippen molar-refractivity contribution in [1.29, 1.82) is 0 Å². The fourth-order valence-electron chi connectivity index (χ4n) is 2.94. The highest BCUT2D eigenvalue weighted by Crippen LogP contribution is 2.24. The highest BCUT2D eigenvalue weighted by molar-refractivity contribution is 5.79. The van der Waals surface area contributed by atoms with Crippen LogP contribution in [-0.4, -0.2) is 18.5 Å². The van der Waals surface area contributed by atoms with Gasteiger partial charge in [0.2, 0.25) is 5.91 Å². The Morgan fingerprint density at radius 3 is 2.16 bits per heavy atom. The molecule has 1 fully saturated rings. The minimum atomic E-state index is -0.0366. The molecular weight excluding hydrogens is 236 g/mol. The maximum atomic E-state index is 12.3. The average Bonchev–Trinajstić information content (AvgIpc) is 2.28. The fraction of sp³-hybridized carbons (Fsp3) is 0.938. The largest absolute Gasteiger partial charge is 0.353 e. The number of amides is 1. The highest BCUT2D eigenvalue weighted by atomic mass is 16.1. The van der Waals surface area contributed by atoms with Gasteiger partial charge in [-0.25, -0.2) is 0 Å². The Balaban J connectivity index is 2.45. The molecule has 0 bridgehead atoms. The number of rotatable bonds is 4. The molecule has 19 heavy (non-hydrogen) atoms. The molecule has 1 aliphatic rings. The van der Waals surface area contributed by atoms with E-state index in [0.29, 0.717) is 12.6 Å². The third-order valence-electron chi connectivity index (χ3n) is 3.97. The zero-order chi connectivity index (χ0) is 14.3. The van der Waals surface area contributed by atoms with Crippen molar-refractivity contribution in [3.8, 4) is 0 Å². The van der Waals surface area contributed by atoms with E-state index in [1.807, 2.05) is 0 Å². The van der Waals surface area contributed by atoms with E-state index >= 15 is 0 Å². The Morgan fingerprint density at radius 1 is 1.16 bits per heavy atom. The molecular formula is C16H32N2O. The highest BCUT2D eigenvalue weighted by Gasteiger charge is 2.25. The van der Waals surface area contributed by atoms with E-state index in [0.717, 1.165) is 19.3 Å². The van der Waals surface area contributed by atoms with Crippen molar-refractivity contribution in [1.82, 2.24) is 5.32 Å². The molecule has 3 heteroatoms. The van der Waals surface area contributed by atoms with Gasteiger partial charge in [0.05, 0.1) is 5.92 Å². The first kappa shape index (κ1) is 16.5. The van der Waals surface area contributed by atoms with Gasteiger partial charge in [0.15, 0.2) is 0 Å². The van der Waals surface area contributed by atoms with E-state index in [-0.39, 0.29) is 17.2 Å². The second kappa shape index (κ2) is 7.88. The predicted molar refractivity (Wildman–Crippen MR) is 80.9 cm³/mol. The molecule has 1 rings (SSSR count). The smallest absolute Gasteiger partial charge is 0.224 e. The third kappa shape index (κ3) is 6.95. The first-order chi connectivity index (χ1) is 8.92. The fourth-order valence-corrected chi connectivity index (χ4v) is 2.94. The summed E-state index contributed by atoms with van der Waals surface area (Å²) in [4.78, 5) is 12.3. The van der Waals surface area contributed by atoms with E-state index in [2.05, 4.69) is 26.1 Å². The number of hydrogen-bond acceptors (Lipinski definition) is 2. The van der Waals surface area contributed by atoms with Crippen molar-refractivity contribution >= 4 is 5.91 Å². The summed E-state index contributed by atoms with van der Waals surface area (Å²) in [6, 6.07) is 0.377. The number of carbonyl (C=O) groups is 1. The second-order valence-corrected chi connectivity index (χ2v) is 7.25. The van der Waals surface area contributed by atoms with Crippen LogP contribution >= 0.6 is 0 Å². The van der Waals surface area contributed by atoms with Crippen LogP contribution in [0.25, 0.3) is 0 Å². The molecule has 3 N–H and O–H groups in total. The summed E-state index contributed by atoms with van der Waals surface area (Å²) in [7, 11) is 0. The van der Waals surface area contributed by atoms with E-state index in [9.17, 15) is 4.79 Å². The Bertz CT molecular complexity index is 262. The summed E-state index contributed by atoms with van der Waals surface area (Å²) in [6.45, 7) is 6.95. The minimum absolute atomic E-state index is 0.0366. The molecule has 1 amide bonds. The zero-order valence-corrected chi connectivity index (χ0v) is 13.0. The molecule has 1 atom stereocenters. The topological polar surface area (TPSA) is 55.1 Å². The molecule has 112 valence electrons. The van der Waals surface area contributed by atoms with E-state index in [1.165, 1.54) is 32.1 Å². The summed E-state index contributed by atoms with van der Waals surface area (Å²) in [5, 5.41) is 3.24. The molecule has 0 radical (unpaired) electrons. The monoisotopic (exact) mass is 268 g/mol. The van der Waals surface area contributed by atoms with Crippen molar-refractivity contribution in [3.05, 3.63) is 0 Å². The molecule has 0 aromatic rings. The summed E-state index contributed by atoms with van der Waals surface area (Å²) in [6.07, 6.45) is 9.62. The number of carbonyl (C=O) groups excluding carboxylic acids is 1. The lowest BCUT2D eigenvalue weighted by molar-refractivity contribution is -0.126. The maximum Gasteiger partial charge on any atom is 0.224 e. The maximum absolute atomic E-state index is 12.3. The SMILES string of the molecule is CC(C)(C)CC(CN)C(=O)NC1CCCCCCC1. The minimum Gasteiger partial charge on any atom is -0.353 e. The van der Waals surface area contributed by atoms with Gasteiger partial charge >= 0.3 is 0 Å². The van der Waals surface area contributed by atoms with Gasteiger partial charge in [0, 0.05) is 12.6 Å². The Kier molecular flexibility index (Phi) is 6.84. The third-order valence-corrected chi connectivity index (χ3v) is 3.97. The van der Waals surface area contributed by atoms with Crippen molar-refractivity contribution in [2.45, 2.75) is 78.2 Å². The molecule has 0 spiro atoms. The van der Waals surface area contributed by atoms with Gasteiger partial charge in [-0.1, -0.05) is 52.9 Å². The van der Waals surface area contributed by atoms with Crippen LogP contribution in [0, 0.1) is 11.3 Å².